The molecule has 2 aromatic carbocycles. The maximum atomic E-state index is 12.9. The minimum atomic E-state index is -0.678. The van der Waals surface area contributed by atoms with Crippen LogP contribution >= 0.6 is 0 Å². The van der Waals surface area contributed by atoms with Gasteiger partial charge in [0.2, 0.25) is 0 Å². The van der Waals surface area contributed by atoms with Crippen LogP contribution in [0.3, 0.4) is 0 Å². The lowest BCUT2D eigenvalue weighted by Gasteiger charge is -2.25. The molecule has 29 heavy (non-hydrogen) atoms. The molecule has 0 bridgehead atoms. The summed E-state index contributed by atoms with van der Waals surface area (Å²) in [5.41, 5.74) is 2.17. The molecule has 1 aliphatic rings. The number of Topliss-reactive ketones (excluding diaryl/α,β-unsaturated/α-hetero) is 1. The number of ether oxygens (including phenoxy) is 2. The van der Waals surface area contributed by atoms with Gasteiger partial charge < -0.3 is 19.5 Å². The highest BCUT2D eigenvalue weighted by Gasteiger charge is 2.45. The molecular formula is C23H25NO5. The van der Waals surface area contributed by atoms with Gasteiger partial charge in [-0.15, -0.1) is 0 Å². The number of aliphatic hydroxyl groups excluding tert-OH is 1. The van der Waals surface area contributed by atoms with Gasteiger partial charge in [0.1, 0.15) is 11.5 Å². The van der Waals surface area contributed by atoms with Crippen LogP contribution in [0.25, 0.3) is 5.76 Å². The van der Waals surface area contributed by atoms with Crippen molar-refractivity contribution < 1.29 is 24.2 Å². The van der Waals surface area contributed by atoms with E-state index in [9.17, 15) is 14.7 Å². The molecule has 1 N–H and O–H groups in total. The summed E-state index contributed by atoms with van der Waals surface area (Å²) in [5.74, 6) is -0.789. The Balaban J connectivity index is 2.11. The second-order valence-corrected chi connectivity index (χ2v) is 6.93. The van der Waals surface area contributed by atoms with Crippen molar-refractivity contribution in [3.8, 4) is 5.75 Å². The summed E-state index contributed by atoms with van der Waals surface area (Å²) < 4.78 is 10.4. The van der Waals surface area contributed by atoms with Gasteiger partial charge >= 0.3 is 0 Å². The van der Waals surface area contributed by atoms with E-state index < -0.39 is 17.7 Å². The van der Waals surface area contributed by atoms with Crippen molar-refractivity contribution in [2.45, 2.75) is 19.4 Å². The number of rotatable bonds is 7. The second kappa shape index (κ2) is 8.92. The molecule has 0 unspecified atom stereocenters. The third-order valence-corrected chi connectivity index (χ3v) is 5.07. The number of ketones is 1. The Morgan fingerprint density at radius 1 is 1.10 bits per heavy atom. The molecule has 6 heteroatoms. The van der Waals surface area contributed by atoms with E-state index in [1.54, 1.807) is 32.4 Å². The van der Waals surface area contributed by atoms with Gasteiger partial charge in [0.05, 0.1) is 18.7 Å². The monoisotopic (exact) mass is 395 g/mol. The first-order chi connectivity index (χ1) is 14.0. The largest absolute Gasteiger partial charge is 0.507 e. The Morgan fingerprint density at radius 3 is 2.45 bits per heavy atom. The highest BCUT2D eigenvalue weighted by molar-refractivity contribution is 6.46. The lowest BCUT2D eigenvalue weighted by atomic mass is 9.95. The zero-order chi connectivity index (χ0) is 21.0. The van der Waals surface area contributed by atoms with E-state index >= 15 is 0 Å². The average Bonchev–Trinajstić information content (AvgIpc) is 2.99. The smallest absolute Gasteiger partial charge is 0.295 e. The van der Waals surface area contributed by atoms with Crippen molar-refractivity contribution in [2.24, 2.45) is 0 Å². The number of hydrogen-bond donors (Lipinski definition) is 1. The molecule has 3 rings (SSSR count). The minimum Gasteiger partial charge on any atom is -0.507 e. The third-order valence-electron chi connectivity index (χ3n) is 5.07. The second-order valence-electron chi connectivity index (χ2n) is 6.93. The standard InChI is InChI=1S/C23H25NO5/c1-15-14-17(10-11-18(15)29-3)21(25)19-20(16-8-5-4-6-9-16)24(12-7-13-28-2)23(27)22(19)26/h4-6,8-11,14,20,25H,7,12-13H2,1-3H3/b21-19+/t20-/m0/s1. The summed E-state index contributed by atoms with van der Waals surface area (Å²) >= 11 is 0. The van der Waals surface area contributed by atoms with Crippen molar-refractivity contribution in [3.63, 3.8) is 0 Å². The Hall–Kier alpha value is -3.12. The van der Waals surface area contributed by atoms with Gasteiger partial charge in [-0.25, -0.2) is 0 Å². The summed E-state index contributed by atoms with van der Waals surface area (Å²) in [6, 6.07) is 13.8. The molecule has 1 saturated heterocycles. The van der Waals surface area contributed by atoms with Crippen LogP contribution < -0.4 is 4.74 Å². The zero-order valence-electron chi connectivity index (χ0n) is 16.8. The number of methoxy groups -OCH3 is 2. The number of benzene rings is 2. The first-order valence-electron chi connectivity index (χ1n) is 9.47. The van der Waals surface area contributed by atoms with Crippen molar-refractivity contribution in [1.29, 1.82) is 0 Å². The van der Waals surface area contributed by atoms with E-state index in [1.807, 2.05) is 37.3 Å². The lowest BCUT2D eigenvalue weighted by molar-refractivity contribution is -0.140. The molecule has 2 aromatic rings. The number of nitrogens with zero attached hydrogens (tertiary/aromatic N) is 1. The van der Waals surface area contributed by atoms with Crippen molar-refractivity contribution in [1.82, 2.24) is 4.90 Å². The van der Waals surface area contributed by atoms with Crippen LogP contribution in [0.5, 0.6) is 5.75 Å². The number of aryl methyl sites for hydroxylation is 1. The van der Waals surface area contributed by atoms with Gasteiger partial charge in [-0.3, -0.25) is 9.59 Å². The fraction of sp³-hybridized carbons (Fsp3) is 0.304. The molecule has 0 aliphatic carbocycles. The van der Waals surface area contributed by atoms with Crippen LogP contribution in [0, 0.1) is 6.92 Å². The highest BCUT2D eigenvalue weighted by Crippen LogP contribution is 2.39. The average molecular weight is 395 g/mol. The maximum Gasteiger partial charge on any atom is 0.295 e. The Bertz CT molecular complexity index is 936. The van der Waals surface area contributed by atoms with E-state index in [4.69, 9.17) is 9.47 Å². The van der Waals surface area contributed by atoms with Crippen molar-refractivity contribution >= 4 is 17.4 Å². The Kier molecular flexibility index (Phi) is 6.34. The van der Waals surface area contributed by atoms with Gasteiger partial charge in [-0.1, -0.05) is 30.3 Å². The summed E-state index contributed by atoms with van der Waals surface area (Å²) in [4.78, 5) is 27.2. The molecule has 1 atom stereocenters. The number of aliphatic hydroxyl groups is 1. The van der Waals surface area contributed by atoms with Crippen LogP contribution in [0.1, 0.15) is 29.2 Å². The Morgan fingerprint density at radius 2 is 1.83 bits per heavy atom. The molecule has 0 spiro atoms. The molecule has 1 fully saturated rings. The fourth-order valence-corrected chi connectivity index (χ4v) is 3.65. The summed E-state index contributed by atoms with van der Waals surface area (Å²) in [5, 5.41) is 11.0. The fourth-order valence-electron chi connectivity index (χ4n) is 3.65. The normalized spacial score (nSPS) is 18.3. The summed E-state index contributed by atoms with van der Waals surface area (Å²) in [7, 11) is 3.16. The molecule has 0 radical (unpaired) electrons. The number of likely N-dealkylation sites (tertiary alicyclic amines) is 1. The van der Waals surface area contributed by atoms with E-state index in [1.165, 1.54) is 4.90 Å². The first-order valence-corrected chi connectivity index (χ1v) is 9.47. The SMILES string of the molecule is COCCCN1C(=O)C(=O)/C(=C(/O)c2ccc(OC)c(C)c2)[C@@H]1c1ccccc1. The molecule has 1 aliphatic heterocycles. The Labute approximate surface area is 170 Å². The molecule has 152 valence electrons. The predicted octanol–water partition coefficient (Wildman–Crippen LogP) is 3.46. The summed E-state index contributed by atoms with van der Waals surface area (Å²) in [6.45, 7) is 2.69. The number of amides is 1. The third kappa shape index (κ3) is 4.03. The quantitative estimate of drug-likeness (QED) is 0.336. The molecule has 1 heterocycles. The number of hydrogen-bond acceptors (Lipinski definition) is 5. The number of carbonyl (C=O) groups excluding carboxylic acids is 2. The van der Waals surface area contributed by atoms with Crippen LogP contribution in [-0.2, 0) is 14.3 Å². The number of carbonyl (C=O) groups is 2. The maximum absolute atomic E-state index is 12.9. The van der Waals surface area contributed by atoms with Gasteiger partial charge in [0, 0.05) is 25.8 Å². The topological polar surface area (TPSA) is 76.1 Å². The zero-order valence-corrected chi connectivity index (χ0v) is 16.8. The molecule has 1 amide bonds. The van der Waals surface area contributed by atoms with Gasteiger partial charge in [-0.05, 0) is 42.7 Å². The van der Waals surface area contributed by atoms with Crippen LogP contribution in [0.2, 0.25) is 0 Å². The first kappa shape index (κ1) is 20.6. The van der Waals surface area contributed by atoms with Crippen LogP contribution in [-0.4, -0.2) is 49.1 Å². The highest BCUT2D eigenvalue weighted by atomic mass is 16.5. The van der Waals surface area contributed by atoms with Gasteiger partial charge in [0.15, 0.2) is 0 Å². The van der Waals surface area contributed by atoms with E-state index in [-0.39, 0.29) is 11.3 Å². The van der Waals surface area contributed by atoms with E-state index in [0.29, 0.717) is 30.9 Å². The molecule has 6 nitrogen and oxygen atoms in total. The summed E-state index contributed by atoms with van der Waals surface area (Å²) in [6.07, 6.45) is 0.592. The molecule has 0 aromatic heterocycles. The van der Waals surface area contributed by atoms with Crippen molar-refractivity contribution in [2.75, 3.05) is 27.4 Å². The molecule has 0 saturated carbocycles. The van der Waals surface area contributed by atoms with Gasteiger partial charge in [0.25, 0.3) is 11.7 Å². The van der Waals surface area contributed by atoms with Crippen molar-refractivity contribution in [3.05, 3.63) is 70.8 Å². The predicted molar refractivity (Wildman–Crippen MR) is 110 cm³/mol. The molecular weight excluding hydrogens is 370 g/mol. The van der Waals surface area contributed by atoms with E-state index in [0.717, 1.165) is 11.1 Å². The lowest BCUT2D eigenvalue weighted by Crippen LogP contribution is -2.31. The van der Waals surface area contributed by atoms with E-state index in [2.05, 4.69) is 0 Å². The van der Waals surface area contributed by atoms with Gasteiger partial charge in [-0.2, -0.15) is 0 Å². The van der Waals surface area contributed by atoms with Crippen LogP contribution in [0.4, 0.5) is 0 Å². The van der Waals surface area contributed by atoms with Crippen LogP contribution in [0.15, 0.2) is 54.1 Å². The minimum absolute atomic E-state index is 0.100.